The minimum atomic E-state index is -0.585. The highest BCUT2D eigenvalue weighted by molar-refractivity contribution is 7.12. The first-order valence-electron chi connectivity index (χ1n) is 7.82. The van der Waals surface area contributed by atoms with Gasteiger partial charge in [-0.3, -0.25) is 9.59 Å². The van der Waals surface area contributed by atoms with Gasteiger partial charge in [-0.2, -0.15) is 0 Å². The summed E-state index contributed by atoms with van der Waals surface area (Å²) >= 11 is 1.35. The third kappa shape index (κ3) is 4.91. The van der Waals surface area contributed by atoms with Crippen LogP contribution in [0.2, 0.25) is 0 Å². The van der Waals surface area contributed by atoms with Crippen LogP contribution in [0.3, 0.4) is 0 Å². The van der Waals surface area contributed by atoms with Gasteiger partial charge in [0.25, 0.3) is 5.91 Å². The normalized spacial score (nSPS) is 13.3. The standard InChI is InChI=1S/C18H23N3O2S/c1-13(20-18(23)16-10-7-11-24-16)17(22)19-12-15(21(2)3)14-8-5-4-6-9-14/h4-11,13,15H,12H2,1-3H3,(H,19,22)(H,20,23)/t13-,15-/m0/s1. The molecule has 0 spiro atoms. The fourth-order valence-electron chi connectivity index (χ4n) is 2.37. The molecule has 0 bridgehead atoms. The van der Waals surface area contributed by atoms with Gasteiger partial charge in [0.1, 0.15) is 6.04 Å². The minimum Gasteiger partial charge on any atom is -0.352 e. The molecule has 1 heterocycles. The summed E-state index contributed by atoms with van der Waals surface area (Å²) in [7, 11) is 3.96. The largest absolute Gasteiger partial charge is 0.352 e. The smallest absolute Gasteiger partial charge is 0.261 e. The number of nitrogens with one attached hydrogen (secondary N) is 2. The number of likely N-dealkylation sites (N-methyl/N-ethyl adjacent to an activating group) is 1. The van der Waals surface area contributed by atoms with Crippen LogP contribution < -0.4 is 10.6 Å². The van der Waals surface area contributed by atoms with Crippen LogP contribution in [0.15, 0.2) is 47.8 Å². The molecule has 0 saturated heterocycles. The van der Waals surface area contributed by atoms with Crippen LogP contribution in [0.5, 0.6) is 0 Å². The Morgan fingerprint density at radius 3 is 2.42 bits per heavy atom. The van der Waals surface area contributed by atoms with Crippen LogP contribution in [0.1, 0.15) is 28.2 Å². The average Bonchev–Trinajstić information content (AvgIpc) is 3.10. The van der Waals surface area contributed by atoms with E-state index in [1.54, 1.807) is 13.0 Å². The zero-order valence-electron chi connectivity index (χ0n) is 14.2. The Bertz CT molecular complexity index is 656. The van der Waals surface area contributed by atoms with Gasteiger partial charge in [0.2, 0.25) is 5.91 Å². The van der Waals surface area contributed by atoms with E-state index >= 15 is 0 Å². The summed E-state index contributed by atoms with van der Waals surface area (Å²) in [5.74, 6) is -0.414. The molecule has 2 N–H and O–H groups in total. The van der Waals surface area contributed by atoms with Gasteiger partial charge in [-0.1, -0.05) is 36.4 Å². The van der Waals surface area contributed by atoms with Crippen LogP contribution in [-0.2, 0) is 4.79 Å². The number of thiophene rings is 1. The lowest BCUT2D eigenvalue weighted by atomic mass is 10.1. The third-order valence-electron chi connectivity index (χ3n) is 3.76. The number of rotatable bonds is 7. The quantitative estimate of drug-likeness (QED) is 0.809. The fraction of sp³-hybridized carbons (Fsp3) is 0.333. The van der Waals surface area contributed by atoms with Crippen molar-refractivity contribution in [2.75, 3.05) is 20.6 Å². The monoisotopic (exact) mass is 345 g/mol. The van der Waals surface area contributed by atoms with E-state index in [1.807, 2.05) is 55.9 Å². The molecule has 0 radical (unpaired) electrons. The SMILES string of the molecule is C[C@H](NC(=O)c1cccs1)C(=O)NC[C@@H](c1ccccc1)N(C)C. The van der Waals surface area contributed by atoms with Gasteiger partial charge < -0.3 is 15.5 Å². The Balaban J connectivity index is 1.89. The summed E-state index contributed by atoms with van der Waals surface area (Å²) in [5, 5.41) is 7.48. The summed E-state index contributed by atoms with van der Waals surface area (Å²) in [4.78, 5) is 26.9. The molecule has 0 aliphatic heterocycles. The minimum absolute atomic E-state index is 0.0790. The molecule has 2 rings (SSSR count). The van der Waals surface area contributed by atoms with E-state index in [2.05, 4.69) is 15.5 Å². The zero-order valence-corrected chi connectivity index (χ0v) is 15.0. The summed E-state index contributed by atoms with van der Waals surface area (Å²) in [6.45, 7) is 2.17. The first-order chi connectivity index (χ1) is 11.5. The van der Waals surface area contributed by atoms with Gasteiger partial charge >= 0.3 is 0 Å². The van der Waals surface area contributed by atoms with Crippen molar-refractivity contribution in [3.8, 4) is 0 Å². The number of carbonyl (C=O) groups excluding carboxylic acids is 2. The van der Waals surface area contributed by atoms with Crippen molar-refractivity contribution in [1.29, 1.82) is 0 Å². The van der Waals surface area contributed by atoms with Crippen molar-refractivity contribution in [1.82, 2.24) is 15.5 Å². The van der Waals surface area contributed by atoms with Crippen molar-refractivity contribution in [3.63, 3.8) is 0 Å². The number of benzene rings is 1. The maximum Gasteiger partial charge on any atom is 0.261 e. The van der Waals surface area contributed by atoms with Gasteiger partial charge in [0.15, 0.2) is 0 Å². The highest BCUT2D eigenvalue weighted by Crippen LogP contribution is 2.16. The van der Waals surface area contributed by atoms with E-state index in [-0.39, 0.29) is 17.9 Å². The molecule has 0 aliphatic carbocycles. The molecule has 1 aromatic heterocycles. The summed E-state index contributed by atoms with van der Waals surface area (Å²) in [6.07, 6.45) is 0. The molecule has 0 fully saturated rings. The lowest BCUT2D eigenvalue weighted by molar-refractivity contribution is -0.122. The summed E-state index contributed by atoms with van der Waals surface area (Å²) in [5.41, 5.74) is 1.14. The molecule has 5 nitrogen and oxygen atoms in total. The summed E-state index contributed by atoms with van der Waals surface area (Å²) in [6, 6.07) is 13.1. The van der Waals surface area contributed by atoms with Crippen LogP contribution in [0, 0.1) is 0 Å². The Labute approximate surface area is 146 Å². The van der Waals surface area contributed by atoms with Gasteiger partial charge in [-0.05, 0) is 38.0 Å². The second kappa shape index (κ2) is 8.61. The second-order valence-corrected chi connectivity index (χ2v) is 6.76. The van der Waals surface area contributed by atoms with E-state index in [4.69, 9.17) is 0 Å². The van der Waals surface area contributed by atoms with Gasteiger partial charge in [-0.15, -0.1) is 11.3 Å². The number of carbonyl (C=O) groups is 2. The Morgan fingerprint density at radius 2 is 1.83 bits per heavy atom. The van der Waals surface area contributed by atoms with Gasteiger partial charge in [-0.25, -0.2) is 0 Å². The fourth-order valence-corrected chi connectivity index (χ4v) is 2.99. The molecule has 128 valence electrons. The Kier molecular flexibility index (Phi) is 6.52. The molecule has 2 atom stereocenters. The van der Waals surface area contributed by atoms with Crippen LogP contribution >= 0.6 is 11.3 Å². The lowest BCUT2D eigenvalue weighted by Gasteiger charge is -2.26. The molecule has 0 saturated carbocycles. The van der Waals surface area contributed by atoms with Gasteiger partial charge in [0, 0.05) is 6.54 Å². The molecule has 2 aromatic rings. The lowest BCUT2D eigenvalue weighted by Crippen LogP contribution is -2.46. The molecule has 0 unspecified atom stereocenters. The van der Waals surface area contributed by atoms with Crippen molar-refractivity contribution in [2.24, 2.45) is 0 Å². The van der Waals surface area contributed by atoms with E-state index in [9.17, 15) is 9.59 Å². The highest BCUT2D eigenvalue weighted by Gasteiger charge is 2.20. The first-order valence-corrected chi connectivity index (χ1v) is 8.70. The number of amides is 2. The van der Waals surface area contributed by atoms with Gasteiger partial charge in [0.05, 0.1) is 10.9 Å². The average molecular weight is 345 g/mol. The molecule has 2 amide bonds. The van der Waals surface area contributed by atoms with Crippen molar-refractivity contribution < 1.29 is 9.59 Å². The van der Waals surface area contributed by atoms with Crippen molar-refractivity contribution in [2.45, 2.75) is 19.0 Å². The van der Waals surface area contributed by atoms with Crippen molar-refractivity contribution >= 4 is 23.2 Å². The number of nitrogens with zero attached hydrogens (tertiary/aromatic N) is 1. The number of hydrogen-bond donors (Lipinski definition) is 2. The highest BCUT2D eigenvalue weighted by atomic mass is 32.1. The van der Waals surface area contributed by atoms with Crippen LogP contribution in [0.4, 0.5) is 0 Å². The van der Waals surface area contributed by atoms with E-state index < -0.39 is 6.04 Å². The van der Waals surface area contributed by atoms with E-state index in [0.29, 0.717) is 11.4 Å². The molecule has 24 heavy (non-hydrogen) atoms. The van der Waals surface area contributed by atoms with Crippen LogP contribution in [0.25, 0.3) is 0 Å². The maximum absolute atomic E-state index is 12.3. The predicted molar refractivity (Wildman–Crippen MR) is 97.1 cm³/mol. The predicted octanol–water partition coefficient (Wildman–Crippen LogP) is 2.29. The second-order valence-electron chi connectivity index (χ2n) is 5.81. The molecule has 0 aliphatic rings. The van der Waals surface area contributed by atoms with Crippen LogP contribution in [-0.4, -0.2) is 43.4 Å². The third-order valence-corrected chi connectivity index (χ3v) is 4.63. The van der Waals surface area contributed by atoms with E-state index in [1.165, 1.54) is 11.3 Å². The number of hydrogen-bond acceptors (Lipinski definition) is 4. The van der Waals surface area contributed by atoms with Crippen molar-refractivity contribution in [3.05, 3.63) is 58.3 Å². The first kappa shape index (κ1) is 18.2. The maximum atomic E-state index is 12.3. The molecular weight excluding hydrogens is 322 g/mol. The van der Waals surface area contributed by atoms with E-state index in [0.717, 1.165) is 5.56 Å². The zero-order chi connectivity index (χ0) is 17.5. The topological polar surface area (TPSA) is 61.4 Å². The Hall–Kier alpha value is -2.18. The molecule has 6 heteroatoms. The molecule has 1 aromatic carbocycles. The summed E-state index contributed by atoms with van der Waals surface area (Å²) < 4.78 is 0. The Morgan fingerprint density at radius 1 is 1.12 bits per heavy atom. The molecular formula is C18H23N3O2S.